The van der Waals surface area contributed by atoms with Crippen molar-refractivity contribution in [1.82, 2.24) is 4.98 Å². The number of aliphatic hydroxyl groups excluding tert-OH is 1. The van der Waals surface area contributed by atoms with E-state index in [1.54, 1.807) is 67.0 Å². The number of aryl methyl sites for hydroxylation is 1. The quantitative estimate of drug-likeness (QED) is 0.289. The fourth-order valence-corrected chi connectivity index (χ4v) is 4.16. The van der Waals surface area contributed by atoms with Gasteiger partial charge >= 0.3 is 0 Å². The van der Waals surface area contributed by atoms with E-state index in [-0.39, 0.29) is 17.4 Å². The molecule has 1 saturated heterocycles. The Labute approximate surface area is 204 Å². The highest BCUT2D eigenvalue weighted by Gasteiger charge is 2.47. The van der Waals surface area contributed by atoms with Gasteiger partial charge in [-0.1, -0.05) is 6.07 Å². The fraction of sp³-hybridized carbons (Fsp3) is 0.250. The molecule has 7 heteroatoms. The van der Waals surface area contributed by atoms with Crippen molar-refractivity contribution in [2.45, 2.75) is 39.8 Å². The summed E-state index contributed by atoms with van der Waals surface area (Å²) in [5.74, 6) is -0.378. The van der Waals surface area contributed by atoms with Crippen LogP contribution >= 0.6 is 0 Å². The number of ketones is 1. The first kappa shape index (κ1) is 24.0. The van der Waals surface area contributed by atoms with Gasteiger partial charge in [-0.2, -0.15) is 0 Å². The standard InChI is InChI=1S/C28H28N2O5/c1-5-34-22-11-9-21(10-12-22)30-25(20-7-6-14-29-16-20)24(27(32)28(30)33)26(31)19-8-13-23(18(4)15-19)35-17(2)3/h6-17,25,31H,5H2,1-4H3/b26-24-. The number of carbonyl (C=O) groups excluding carboxylic acids is 2. The molecule has 1 fully saturated rings. The molecule has 2 heterocycles. The lowest BCUT2D eigenvalue weighted by Gasteiger charge is -2.25. The number of aromatic nitrogens is 1. The number of rotatable bonds is 7. The molecule has 1 atom stereocenters. The summed E-state index contributed by atoms with van der Waals surface area (Å²) in [5, 5.41) is 11.3. The van der Waals surface area contributed by atoms with Crippen LogP contribution in [0.25, 0.3) is 5.76 Å². The van der Waals surface area contributed by atoms with Crippen LogP contribution in [-0.2, 0) is 9.59 Å². The molecule has 1 aliphatic rings. The van der Waals surface area contributed by atoms with Crippen molar-refractivity contribution in [2.24, 2.45) is 0 Å². The molecule has 4 rings (SSSR count). The zero-order chi connectivity index (χ0) is 25.1. The van der Waals surface area contributed by atoms with Gasteiger partial charge in [-0.25, -0.2) is 0 Å². The van der Waals surface area contributed by atoms with Crippen LogP contribution in [0.4, 0.5) is 5.69 Å². The summed E-state index contributed by atoms with van der Waals surface area (Å²) in [6.07, 6.45) is 3.21. The van der Waals surface area contributed by atoms with Gasteiger partial charge in [0.05, 0.1) is 24.3 Å². The summed E-state index contributed by atoms with van der Waals surface area (Å²) in [4.78, 5) is 32.1. The number of Topliss-reactive ketones (excluding diaryl/α,β-unsaturated/α-hetero) is 1. The van der Waals surface area contributed by atoms with Crippen molar-refractivity contribution in [1.29, 1.82) is 0 Å². The molecule has 1 N–H and O–H groups in total. The van der Waals surface area contributed by atoms with Crippen LogP contribution in [0.1, 0.15) is 43.5 Å². The number of aliphatic hydroxyl groups is 1. The number of ether oxygens (including phenoxy) is 2. The van der Waals surface area contributed by atoms with E-state index in [0.717, 1.165) is 5.56 Å². The molecule has 3 aromatic rings. The topological polar surface area (TPSA) is 89.0 Å². The van der Waals surface area contributed by atoms with Gasteiger partial charge in [-0.3, -0.25) is 19.5 Å². The Morgan fingerprint density at radius 1 is 1.11 bits per heavy atom. The van der Waals surface area contributed by atoms with E-state index in [1.807, 2.05) is 27.7 Å². The number of pyridine rings is 1. The molecule has 0 bridgehead atoms. The summed E-state index contributed by atoms with van der Waals surface area (Å²) in [7, 11) is 0. The highest BCUT2D eigenvalue weighted by Crippen LogP contribution is 2.42. The third-order valence-electron chi connectivity index (χ3n) is 5.68. The molecule has 0 saturated carbocycles. The number of benzene rings is 2. The van der Waals surface area contributed by atoms with Crippen LogP contribution in [-0.4, -0.2) is 34.5 Å². The molecule has 0 spiro atoms. The van der Waals surface area contributed by atoms with Crippen LogP contribution in [0.2, 0.25) is 0 Å². The normalized spacial score (nSPS) is 17.2. The Morgan fingerprint density at radius 2 is 1.86 bits per heavy atom. The maximum absolute atomic E-state index is 13.3. The van der Waals surface area contributed by atoms with E-state index in [1.165, 1.54) is 4.90 Å². The molecular formula is C28H28N2O5. The Hall–Kier alpha value is -4.13. The number of amides is 1. The lowest BCUT2D eigenvalue weighted by Crippen LogP contribution is -2.29. The average molecular weight is 473 g/mol. The van der Waals surface area contributed by atoms with E-state index in [0.29, 0.717) is 34.9 Å². The first-order valence-corrected chi connectivity index (χ1v) is 11.5. The van der Waals surface area contributed by atoms with Crippen LogP contribution in [0.3, 0.4) is 0 Å². The second-order valence-electron chi connectivity index (χ2n) is 8.53. The minimum atomic E-state index is -0.839. The third-order valence-corrected chi connectivity index (χ3v) is 5.68. The van der Waals surface area contributed by atoms with Gasteiger partial charge in [0, 0.05) is 23.6 Å². The van der Waals surface area contributed by atoms with E-state index >= 15 is 0 Å². The highest BCUT2D eigenvalue weighted by molar-refractivity contribution is 6.51. The molecule has 1 aliphatic heterocycles. The van der Waals surface area contributed by atoms with Crippen molar-refractivity contribution in [3.05, 3.63) is 89.3 Å². The smallest absolute Gasteiger partial charge is 0.300 e. The summed E-state index contributed by atoms with van der Waals surface area (Å²) >= 11 is 0. The van der Waals surface area contributed by atoms with Crippen LogP contribution in [0.15, 0.2) is 72.6 Å². The van der Waals surface area contributed by atoms with E-state index < -0.39 is 17.7 Å². The number of nitrogens with zero attached hydrogens (tertiary/aromatic N) is 2. The Morgan fingerprint density at radius 3 is 2.46 bits per heavy atom. The summed E-state index contributed by atoms with van der Waals surface area (Å²) in [6, 6.07) is 14.8. The lowest BCUT2D eigenvalue weighted by molar-refractivity contribution is -0.132. The van der Waals surface area contributed by atoms with Gasteiger partial charge in [0.15, 0.2) is 0 Å². The van der Waals surface area contributed by atoms with Crippen molar-refractivity contribution in [2.75, 3.05) is 11.5 Å². The maximum atomic E-state index is 13.3. The molecule has 180 valence electrons. The largest absolute Gasteiger partial charge is 0.507 e. The van der Waals surface area contributed by atoms with Gasteiger partial charge in [-0.05, 0) is 87.4 Å². The van der Waals surface area contributed by atoms with Crippen molar-refractivity contribution >= 4 is 23.1 Å². The predicted molar refractivity (Wildman–Crippen MR) is 134 cm³/mol. The summed E-state index contributed by atoms with van der Waals surface area (Å²) in [5.41, 5.74) is 2.37. The second-order valence-corrected chi connectivity index (χ2v) is 8.53. The predicted octanol–water partition coefficient (Wildman–Crippen LogP) is 5.20. The molecule has 7 nitrogen and oxygen atoms in total. The molecule has 0 radical (unpaired) electrons. The Balaban J connectivity index is 1.84. The summed E-state index contributed by atoms with van der Waals surface area (Å²) < 4.78 is 11.3. The Bertz CT molecular complexity index is 1270. The molecule has 35 heavy (non-hydrogen) atoms. The minimum absolute atomic E-state index is 0.00170. The van der Waals surface area contributed by atoms with Gasteiger partial charge in [0.1, 0.15) is 17.3 Å². The molecule has 1 aromatic heterocycles. The zero-order valence-corrected chi connectivity index (χ0v) is 20.2. The minimum Gasteiger partial charge on any atom is -0.507 e. The molecule has 1 unspecified atom stereocenters. The van der Waals surface area contributed by atoms with Crippen molar-refractivity contribution in [3.63, 3.8) is 0 Å². The van der Waals surface area contributed by atoms with E-state index in [4.69, 9.17) is 9.47 Å². The van der Waals surface area contributed by atoms with E-state index in [2.05, 4.69) is 4.98 Å². The second kappa shape index (κ2) is 10.0. The molecular weight excluding hydrogens is 444 g/mol. The van der Waals surface area contributed by atoms with Crippen LogP contribution < -0.4 is 14.4 Å². The number of hydrogen-bond donors (Lipinski definition) is 1. The van der Waals surface area contributed by atoms with E-state index in [9.17, 15) is 14.7 Å². The maximum Gasteiger partial charge on any atom is 0.300 e. The average Bonchev–Trinajstić information content (AvgIpc) is 3.11. The van der Waals surface area contributed by atoms with Gasteiger partial charge in [0.2, 0.25) is 0 Å². The zero-order valence-electron chi connectivity index (χ0n) is 20.2. The number of anilines is 1. The summed E-state index contributed by atoms with van der Waals surface area (Å²) in [6.45, 7) is 8.14. The fourth-order valence-electron chi connectivity index (χ4n) is 4.16. The van der Waals surface area contributed by atoms with Gasteiger partial charge < -0.3 is 14.6 Å². The van der Waals surface area contributed by atoms with Crippen molar-refractivity contribution < 1.29 is 24.2 Å². The van der Waals surface area contributed by atoms with Crippen molar-refractivity contribution in [3.8, 4) is 11.5 Å². The number of hydrogen-bond acceptors (Lipinski definition) is 6. The first-order chi connectivity index (χ1) is 16.8. The van der Waals surface area contributed by atoms with Gasteiger partial charge in [0.25, 0.3) is 11.7 Å². The van der Waals surface area contributed by atoms with Crippen LogP contribution in [0.5, 0.6) is 11.5 Å². The third kappa shape index (κ3) is 4.75. The SMILES string of the molecule is CCOc1ccc(N2C(=O)C(=O)/C(=C(\O)c3ccc(OC(C)C)c(C)c3)C2c2cccnc2)cc1. The van der Waals surface area contributed by atoms with Crippen LogP contribution in [0, 0.1) is 6.92 Å². The van der Waals surface area contributed by atoms with Gasteiger partial charge in [-0.15, -0.1) is 0 Å². The Kier molecular flexibility index (Phi) is 6.87. The molecule has 0 aliphatic carbocycles. The lowest BCUT2D eigenvalue weighted by atomic mass is 9.95. The number of carbonyl (C=O) groups is 2. The first-order valence-electron chi connectivity index (χ1n) is 11.5. The molecule has 2 aromatic carbocycles. The monoisotopic (exact) mass is 472 g/mol. The molecule has 1 amide bonds. The highest BCUT2D eigenvalue weighted by atomic mass is 16.5.